The first-order chi connectivity index (χ1) is 10.5. The van der Waals surface area contributed by atoms with Gasteiger partial charge in [0.15, 0.2) is 0 Å². The minimum absolute atomic E-state index is 0.0150. The summed E-state index contributed by atoms with van der Waals surface area (Å²) in [6, 6.07) is 9.61. The van der Waals surface area contributed by atoms with E-state index in [1.54, 1.807) is 0 Å². The van der Waals surface area contributed by atoms with Crippen LogP contribution in [-0.2, 0) is 25.5 Å². The van der Waals surface area contributed by atoms with Crippen LogP contribution < -0.4 is 0 Å². The van der Waals surface area contributed by atoms with Gasteiger partial charge in [0.25, 0.3) is 0 Å². The Balaban J connectivity index is 2.83. The summed E-state index contributed by atoms with van der Waals surface area (Å²) in [6.45, 7) is 10.9. The molecular formula is C19H28O4. The van der Waals surface area contributed by atoms with Crippen LogP contribution in [0.4, 0.5) is 0 Å². The standard InChI is InChI=1S/C19H28O4/c1-18(2,3)22-16(20)13-15(17(21)23-19(4,5)6)12-14-10-8-7-9-11-14/h7-11,15H,12-13H2,1-6H3/t15-/m1/s1. The SMILES string of the molecule is CC(C)(C)OC(=O)C[C@@H](Cc1ccccc1)C(=O)OC(C)(C)C. The molecule has 0 aliphatic rings. The Hall–Kier alpha value is -1.84. The van der Waals surface area contributed by atoms with E-state index in [9.17, 15) is 9.59 Å². The normalized spacial score (nSPS) is 13.3. The van der Waals surface area contributed by atoms with Crippen molar-refractivity contribution in [2.75, 3.05) is 0 Å². The van der Waals surface area contributed by atoms with Crippen LogP contribution >= 0.6 is 0 Å². The van der Waals surface area contributed by atoms with Crippen molar-refractivity contribution in [3.63, 3.8) is 0 Å². The molecule has 4 heteroatoms. The number of benzene rings is 1. The molecule has 1 aromatic carbocycles. The van der Waals surface area contributed by atoms with Crippen LogP contribution in [0, 0.1) is 5.92 Å². The van der Waals surface area contributed by atoms with Crippen LogP contribution in [0.5, 0.6) is 0 Å². The fourth-order valence-corrected chi connectivity index (χ4v) is 2.11. The van der Waals surface area contributed by atoms with E-state index in [0.29, 0.717) is 6.42 Å². The average Bonchev–Trinajstić information content (AvgIpc) is 2.34. The lowest BCUT2D eigenvalue weighted by Gasteiger charge is -2.25. The predicted octanol–water partition coefficient (Wildman–Crippen LogP) is 3.92. The molecule has 1 atom stereocenters. The van der Waals surface area contributed by atoms with Gasteiger partial charge >= 0.3 is 11.9 Å². The van der Waals surface area contributed by atoms with E-state index >= 15 is 0 Å². The number of esters is 2. The lowest BCUT2D eigenvalue weighted by molar-refractivity contribution is -0.167. The molecule has 1 aromatic rings. The summed E-state index contributed by atoms with van der Waals surface area (Å²) < 4.78 is 10.8. The highest BCUT2D eigenvalue weighted by Gasteiger charge is 2.29. The van der Waals surface area contributed by atoms with Gasteiger partial charge in [0.05, 0.1) is 12.3 Å². The van der Waals surface area contributed by atoms with Crippen LogP contribution in [0.3, 0.4) is 0 Å². The molecule has 0 aliphatic carbocycles. The van der Waals surface area contributed by atoms with Gasteiger partial charge in [-0.25, -0.2) is 0 Å². The smallest absolute Gasteiger partial charge is 0.310 e. The maximum absolute atomic E-state index is 12.4. The highest BCUT2D eigenvalue weighted by molar-refractivity contribution is 5.80. The summed E-state index contributed by atoms with van der Waals surface area (Å²) in [4.78, 5) is 24.5. The van der Waals surface area contributed by atoms with Crippen molar-refractivity contribution in [1.29, 1.82) is 0 Å². The zero-order chi connectivity index (χ0) is 17.7. The molecule has 0 amide bonds. The monoisotopic (exact) mass is 320 g/mol. The van der Waals surface area contributed by atoms with Crippen LogP contribution in [0.2, 0.25) is 0 Å². The largest absolute Gasteiger partial charge is 0.460 e. The molecule has 0 radical (unpaired) electrons. The third-order valence-electron chi connectivity index (χ3n) is 2.90. The second-order valence-electron chi connectivity index (χ2n) is 7.71. The van der Waals surface area contributed by atoms with Crippen molar-refractivity contribution < 1.29 is 19.1 Å². The summed E-state index contributed by atoms with van der Waals surface area (Å²) >= 11 is 0. The number of carbonyl (C=O) groups excluding carboxylic acids is 2. The molecule has 0 aromatic heterocycles. The minimum atomic E-state index is -0.583. The van der Waals surface area contributed by atoms with Crippen molar-refractivity contribution in [3.05, 3.63) is 35.9 Å². The zero-order valence-corrected chi connectivity index (χ0v) is 15.0. The van der Waals surface area contributed by atoms with Gasteiger partial charge in [-0.1, -0.05) is 30.3 Å². The molecule has 23 heavy (non-hydrogen) atoms. The van der Waals surface area contributed by atoms with Crippen molar-refractivity contribution in [2.24, 2.45) is 5.92 Å². The molecule has 0 spiro atoms. The molecule has 0 saturated heterocycles. The average molecular weight is 320 g/mol. The van der Waals surface area contributed by atoms with E-state index in [-0.39, 0.29) is 18.4 Å². The van der Waals surface area contributed by atoms with Gasteiger partial charge in [-0.2, -0.15) is 0 Å². The summed E-state index contributed by atoms with van der Waals surface area (Å²) in [6.07, 6.45) is 0.468. The number of rotatable bonds is 5. The molecule has 0 bridgehead atoms. The molecule has 0 aliphatic heterocycles. The van der Waals surface area contributed by atoms with Crippen LogP contribution in [0.25, 0.3) is 0 Å². The molecule has 0 saturated carbocycles. The van der Waals surface area contributed by atoms with Gasteiger partial charge in [-0.15, -0.1) is 0 Å². The highest BCUT2D eigenvalue weighted by Crippen LogP contribution is 2.20. The summed E-state index contributed by atoms with van der Waals surface area (Å²) in [5.41, 5.74) is -0.158. The van der Waals surface area contributed by atoms with Crippen LogP contribution in [0.1, 0.15) is 53.5 Å². The number of carbonyl (C=O) groups is 2. The third-order valence-corrected chi connectivity index (χ3v) is 2.90. The zero-order valence-electron chi connectivity index (χ0n) is 15.0. The third kappa shape index (κ3) is 8.38. The highest BCUT2D eigenvalue weighted by atomic mass is 16.6. The topological polar surface area (TPSA) is 52.6 Å². The summed E-state index contributed by atoms with van der Waals surface area (Å²) in [5.74, 6) is -1.30. The Labute approximate surface area is 139 Å². The van der Waals surface area contributed by atoms with Gasteiger partial charge in [0.1, 0.15) is 11.2 Å². The van der Waals surface area contributed by atoms with Crippen molar-refractivity contribution >= 4 is 11.9 Å². The molecule has 0 fully saturated rings. The van der Waals surface area contributed by atoms with Crippen molar-refractivity contribution in [3.8, 4) is 0 Å². The first-order valence-electron chi connectivity index (χ1n) is 7.95. The lowest BCUT2D eigenvalue weighted by atomic mass is 9.96. The Kier molecular flexibility index (Phi) is 6.37. The van der Waals surface area contributed by atoms with Crippen LogP contribution in [0.15, 0.2) is 30.3 Å². The second-order valence-corrected chi connectivity index (χ2v) is 7.71. The summed E-state index contributed by atoms with van der Waals surface area (Å²) in [7, 11) is 0. The fourth-order valence-electron chi connectivity index (χ4n) is 2.11. The Morgan fingerprint density at radius 3 is 1.91 bits per heavy atom. The van der Waals surface area contributed by atoms with Crippen molar-refractivity contribution in [1.82, 2.24) is 0 Å². The molecule has 0 N–H and O–H groups in total. The maximum atomic E-state index is 12.4. The molecule has 1 rings (SSSR count). The number of hydrogen-bond acceptors (Lipinski definition) is 4. The van der Waals surface area contributed by atoms with Gasteiger partial charge < -0.3 is 9.47 Å². The van der Waals surface area contributed by atoms with E-state index in [0.717, 1.165) is 5.56 Å². The second kappa shape index (κ2) is 7.62. The molecule has 4 nitrogen and oxygen atoms in total. The van der Waals surface area contributed by atoms with Crippen LogP contribution in [-0.4, -0.2) is 23.1 Å². The van der Waals surface area contributed by atoms with Gasteiger partial charge in [-0.05, 0) is 53.5 Å². The summed E-state index contributed by atoms with van der Waals surface area (Å²) in [5, 5.41) is 0. The van der Waals surface area contributed by atoms with Crippen molar-refractivity contribution in [2.45, 2.75) is 65.6 Å². The molecule has 0 heterocycles. The number of hydrogen-bond donors (Lipinski definition) is 0. The Bertz CT molecular complexity index is 521. The molecule has 128 valence electrons. The maximum Gasteiger partial charge on any atom is 0.310 e. The Morgan fingerprint density at radius 2 is 1.43 bits per heavy atom. The first-order valence-corrected chi connectivity index (χ1v) is 7.95. The van der Waals surface area contributed by atoms with E-state index in [4.69, 9.17) is 9.47 Å². The minimum Gasteiger partial charge on any atom is -0.460 e. The molecular weight excluding hydrogens is 292 g/mol. The van der Waals surface area contributed by atoms with E-state index in [1.165, 1.54) is 0 Å². The first kappa shape index (κ1) is 19.2. The van der Waals surface area contributed by atoms with E-state index in [2.05, 4.69) is 0 Å². The predicted molar refractivity (Wildman–Crippen MR) is 89.9 cm³/mol. The Morgan fingerprint density at radius 1 is 0.913 bits per heavy atom. The molecule has 0 unspecified atom stereocenters. The van der Waals surface area contributed by atoms with E-state index < -0.39 is 17.1 Å². The van der Waals surface area contributed by atoms with Gasteiger partial charge in [-0.3, -0.25) is 9.59 Å². The number of ether oxygens (including phenoxy) is 2. The van der Waals surface area contributed by atoms with E-state index in [1.807, 2.05) is 71.9 Å². The quantitative estimate of drug-likeness (QED) is 0.772. The lowest BCUT2D eigenvalue weighted by Crippen LogP contribution is -2.33. The fraction of sp³-hybridized carbons (Fsp3) is 0.579. The van der Waals surface area contributed by atoms with Gasteiger partial charge in [0.2, 0.25) is 0 Å². The van der Waals surface area contributed by atoms with Gasteiger partial charge in [0, 0.05) is 0 Å².